The highest BCUT2D eigenvalue weighted by Gasteiger charge is 2.20. The predicted octanol–water partition coefficient (Wildman–Crippen LogP) is 2.90. The Morgan fingerprint density at radius 3 is 2.71 bits per heavy atom. The maximum absolute atomic E-state index is 6.03. The van der Waals surface area contributed by atoms with Crippen molar-refractivity contribution in [2.24, 2.45) is 5.73 Å². The van der Waals surface area contributed by atoms with E-state index in [-0.39, 0.29) is 6.04 Å². The monoisotopic (exact) mass is 286 g/mol. The average Bonchev–Trinajstić information content (AvgIpc) is 2.89. The largest absolute Gasteiger partial charge is 0.331 e. The predicted molar refractivity (Wildman–Crippen MR) is 87.1 cm³/mol. The summed E-state index contributed by atoms with van der Waals surface area (Å²) in [6.07, 6.45) is 3.83. The summed E-state index contributed by atoms with van der Waals surface area (Å²) in [6, 6.07) is 9.19. The van der Waals surface area contributed by atoms with E-state index in [9.17, 15) is 0 Å². The van der Waals surface area contributed by atoms with Crippen LogP contribution in [0.5, 0.6) is 0 Å². The van der Waals surface area contributed by atoms with Gasteiger partial charge in [0, 0.05) is 25.3 Å². The van der Waals surface area contributed by atoms with E-state index in [4.69, 9.17) is 5.73 Å². The van der Waals surface area contributed by atoms with Gasteiger partial charge in [0.25, 0.3) is 0 Å². The molecule has 0 spiro atoms. The van der Waals surface area contributed by atoms with Gasteiger partial charge in [-0.3, -0.25) is 4.90 Å². The average molecular weight is 286 g/mol. The van der Waals surface area contributed by atoms with E-state index in [1.54, 1.807) is 0 Å². The highest BCUT2D eigenvalue weighted by atomic mass is 15.2. The van der Waals surface area contributed by atoms with Crippen molar-refractivity contribution in [2.75, 3.05) is 13.6 Å². The molecule has 1 aromatic heterocycles. The molecule has 1 heterocycles. The number of imidazole rings is 1. The third kappa shape index (κ3) is 3.71. The van der Waals surface area contributed by atoms with E-state index in [1.807, 2.05) is 12.5 Å². The van der Waals surface area contributed by atoms with E-state index >= 15 is 0 Å². The SMILES string of the molecule is Cc1cccc(CN(C)C(CN)c2cncn2C(C)C)c1. The first-order valence-electron chi connectivity index (χ1n) is 7.50. The standard InChI is InChI=1S/C17H26N4/c1-13(2)21-12-19-10-17(21)16(9-18)20(4)11-15-7-5-6-14(3)8-15/h5-8,10,12-13,16H,9,11,18H2,1-4H3. The maximum Gasteiger partial charge on any atom is 0.0951 e. The van der Waals surface area contributed by atoms with E-state index in [2.05, 4.69) is 66.5 Å². The minimum atomic E-state index is 0.176. The summed E-state index contributed by atoms with van der Waals surface area (Å²) < 4.78 is 2.20. The first-order valence-corrected chi connectivity index (χ1v) is 7.50. The number of nitrogens with zero attached hydrogens (tertiary/aromatic N) is 3. The molecule has 0 aliphatic heterocycles. The van der Waals surface area contributed by atoms with E-state index in [1.165, 1.54) is 16.8 Å². The molecule has 0 saturated carbocycles. The van der Waals surface area contributed by atoms with Gasteiger partial charge < -0.3 is 10.3 Å². The van der Waals surface area contributed by atoms with Gasteiger partial charge >= 0.3 is 0 Å². The van der Waals surface area contributed by atoms with Crippen molar-refractivity contribution in [1.29, 1.82) is 0 Å². The number of hydrogen-bond donors (Lipinski definition) is 1. The second kappa shape index (κ2) is 6.87. The molecule has 114 valence electrons. The summed E-state index contributed by atoms with van der Waals surface area (Å²) in [5, 5.41) is 0. The Balaban J connectivity index is 2.18. The van der Waals surface area contributed by atoms with E-state index < -0.39 is 0 Å². The molecule has 2 rings (SSSR count). The van der Waals surface area contributed by atoms with Gasteiger partial charge in [0.2, 0.25) is 0 Å². The van der Waals surface area contributed by atoms with E-state index in [0.29, 0.717) is 12.6 Å². The summed E-state index contributed by atoms with van der Waals surface area (Å²) in [6.45, 7) is 7.92. The normalized spacial score (nSPS) is 13.1. The minimum absolute atomic E-state index is 0.176. The molecule has 2 N–H and O–H groups in total. The van der Waals surface area contributed by atoms with Crippen molar-refractivity contribution in [2.45, 2.75) is 39.4 Å². The van der Waals surface area contributed by atoms with Crippen molar-refractivity contribution in [3.05, 3.63) is 53.6 Å². The van der Waals surface area contributed by atoms with Gasteiger partial charge in [-0.1, -0.05) is 29.8 Å². The van der Waals surface area contributed by atoms with Gasteiger partial charge in [-0.05, 0) is 33.4 Å². The first-order chi connectivity index (χ1) is 10.0. The fourth-order valence-corrected chi connectivity index (χ4v) is 2.74. The molecule has 21 heavy (non-hydrogen) atoms. The molecule has 0 radical (unpaired) electrons. The topological polar surface area (TPSA) is 47.1 Å². The molecule has 4 heteroatoms. The van der Waals surface area contributed by atoms with Crippen LogP contribution in [-0.4, -0.2) is 28.0 Å². The van der Waals surface area contributed by atoms with Crippen molar-refractivity contribution in [1.82, 2.24) is 14.5 Å². The number of likely N-dealkylation sites (N-methyl/N-ethyl adjacent to an activating group) is 1. The molecule has 0 bridgehead atoms. The van der Waals surface area contributed by atoms with Crippen LogP contribution in [0, 0.1) is 6.92 Å². The Morgan fingerprint density at radius 2 is 2.10 bits per heavy atom. The zero-order valence-electron chi connectivity index (χ0n) is 13.5. The number of benzene rings is 1. The zero-order chi connectivity index (χ0) is 15.4. The smallest absolute Gasteiger partial charge is 0.0951 e. The van der Waals surface area contributed by atoms with Crippen molar-refractivity contribution >= 4 is 0 Å². The number of rotatable bonds is 6. The molecule has 2 aromatic rings. The fraction of sp³-hybridized carbons (Fsp3) is 0.471. The summed E-state index contributed by atoms with van der Waals surface area (Å²) >= 11 is 0. The molecule has 0 saturated heterocycles. The quantitative estimate of drug-likeness (QED) is 0.888. The van der Waals surface area contributed by atoms with Crippen molar-refractivity contribution in [3.63, 3.8) is 0 Å². The molecule has 1 unspecified atom stereocenters. The summed E-state index contributed by atoms with van der Waals surface area (Å²) in [4.78, 5) is 6.59. The van der Waals surface area contributed by atoms with Crippen LogP contribution in [0.15, 0.2) is 36.8 Å². The van der Waals surface area contributed by atoms with Crippen LogP contribution in [0.2, 0.25) is 0 Å². The lowest BCUT2D eigenvalue weighted by molar-refractivity contribution is 0.230. The van der Waals surface area contributed by atoms with Gasteiger partial charge in [0.1, 0.15) is 0 Å². The van der Waals surface area contributed by atoms with Crippen LogP contribution in [-0.2, 0) is 6.54 Å². The van der Waals surface area contributed by atoms with Crippen LogP contribution in [0.25, 0.3) is 0 Å². The van der Waals surface area contributed by atoms with E-state index in [0.717, 1.165) is 6.54 Å². The lowest BCUT2D eigenvalue weighted by Gasteiger charge is -2.28. The maximum atomic E-state index is 6.03. The minimum Gasteiger partial charge on any atom is -0.331 e. The van der Waals surface area contributed by atoms with Gasteiger partial charge in [-0.15, -0.1) is 0 Å². The van der Waals surface area contributed by atoms with Gasteiger partial charge in [0.05, 0.1) is 18.1 Å². The highest BCUT2D eigenvalue weighted by Crippen LogP contribution is 2.23. The first kappa shape index (κ1) is 15.7. The van der Waals surface area contributed by atoms with Crippen molar-refractivity contribution in [3.8, 4) is 0 Å². The van der Waals surface area contributed by atoms with Crippen LogP contribution in [0.3, 0.4) is 0 Å². The van der Waals surface area contributed by atoms with Crippen LogP contribution in [0.1, 0.15) is 42.8 Å². The van der Waals surface area contributed by atoms with Crippen molar-refractivity contribution < 1.29 is 0 Å². The molecule has 0 aliphatic rings. The lowest BCUT2D eigenvalue weighted by Crippen LogP contribution is -2.32. The number of aromatic nitrogens is 2. The molecular formula is C17H26N4. The molecule has 0 amide bonds. The zero-order valence-corrected chi connectivity index (χ0v) is 13.5. The Bertz CT molecular complexity index is 574. The molecule has 4 nitrogen and oxygen atoms in total. The van der Waals surface area contributed by atoms with Gasteiger partial charge in [0.15, 0.2) is 0 Å². The molecular weight excluding hydrogens is 260 g/mol. The number of hydrogen-bond acceptors (Lipinski definition) is 3. The third-order valence-corrected chi connectivity index (χ3v) is 3.86. The fourth-order valence-electron chi connectivity index (χ4n) is 2.74. The van der Waals surface area contributed by atoms with Crippen LogP contribution in [0.4, 0.5) is 0 Å². The molecule has 0 aliphatic carbocycles. The second-order valence-electron chi connectivity index (χ2n) is 5.98. The third-order valence-electron chi connectivity index (χ3n) is 3.86. The highest BCUT2D eigenvalue weighted by molar-refractivity contribution is 5.22. The second-order valence-corrected chi connectivity index (χ2v) is 5.98. The van der Waals surface area contributed by atoms with Crippen LogP contribution < -0.4 is 5.73 Å². The summed E-state index contributed by atoms with van der Waals surface area (Å²) in [5.74, 6) is 0. The number of nitrogens with two attached hydrogens (primary N) is 1. The molecule has 1 atom stereocenters. The Morgan fingerprint density at radius 1 is 1.33 bits per heavy atom. The Kier molecular flexibility index (Phi) is 5.15. The Hall–Kier alpha value is -1.65. The van der Waals surface area contributed by atoms with Gasteiger partial charge in [-0.25, -0.2) is 4.98 Å². The Labute approximate surface area is 127 Å². The number of aryl methyl sites for hydroxylation is 1. The van der Waals surface area contributed by atoms with Crippen LogP contribution >= 0.6 is 0 Å². The summed E-state index contributed by atoms with van der Waals surface area (Å²) in [5.41, 5.74) is 9.82. The van der Waals surface area contributed by atoms with Gasteiger partial charge in [-0.2, -0.15) is 0 Å². The lowest BCUT2D eigenvalue weighted by atomic mass is 10.1. The summed E-state index contributed by atoms with van der Waals surface area (Å²) in [7, 11) is 2.12. The molecule has 0 fully saturated rings. The molecule has 1 aromatic carbocycles.